The number of nitrogens with one attached hydrogen (secondary N) is 1. The molecule has 86 valence electrons. The van der Waals surface area contributed by atoms with Crippen molar-refractivity contribution in [1.29, 1.82) is 0 Å². The molecule has 0 spiro atoms. The Morgan fingerprint density at radius 1 is 1.35 bits per heavy atom. The fourth-order valence-corrected chi connectivity index (χ4v) is 3.31. The van der Waals surface area contributed by atoms with Gasteiger partial charge in [0, 0.05) is 28.7 Å². The average molecular weight is 245 g/mol. The molecule has 2 nitrogen and oxygen atoms in total. The number of nitrogens with zero attached hydrogens (tertiary/aromatic N) is 1. The van der Waals surface area contributed by atoms with E-state index < -0.39 is 0 Å². The molecule has 3 heterocycles. The highest BCUT2D eigenvalue weighted by Crippen LogP contribution is 2.36. The first-order valence-corrected chi connectivity index (χ1v) is 6.43. The fraction of sp³-hybridized carbons (Fsp3) is 0.286. The van der Waals surface area contributed by atoms with Gasteiger partial charge in [-0.1, -0.05) is 17.7 Å². The van der Waals surface area contributed by atoms with E-state index >= 15 is 0 Å². The molecule has 1 unspecified atom stereocenters. The number of hydrogen-bond acceptors (Lipinski definition) is 1. The second-order valence-electron chi connectivity index (χ2n) is 4.81. The average Bonchev–Trinajstić information content (AvgIpc) is 2.73. The molecule has 4 rings (SSSR count). The molecule has 0 amide bonds. The van der Waals surface area contributed by atoms with Crippen molar-refractivity contribution in [3.05, 3.63) is 41.1 Å². The predicted octanol–water partition coefficient (Wildman–Crippen LogP) is 3.05. The van der Waals surface area contributed by atoms with Gasteiger partial charge in [-0.2, -0.15) is 0 Å². The highest BCUT2D eigenvalue weighted by Gasteiger charge is 2.26. The summed E-state index contributed by atoms with van der Waals surface area (Å²) in [5.41, 5.74) is 4.07. The van der Waals surface area contributed by atoms with Gasteiger partial charge in [-0.25, -0.2) is 0 Å². The third-order valence-electron chi connectivity index (χ3n) is 3.79. The maximum Gasteiger partial charge on any atom is 0.0558 e. The molecule has 1 atom stereocenters. The standard InChI is InChI=1S/C14H13ClN2/c15-10-6-9-3-5-17-8-13-11(2-1-4-16-13)12(7-10)14(9)17/h2-3,5-7,13,16H,1,4,8H2. The van der Waals surface area contributed by atoms with Gasteiger partial charge in [-0.15, -0.1) is 0 Å². The predicted molar refractivity (Wildman–Crippen MR) is 71.3 cm³/mol. The van der Waals surface area contributed by atoms with Crippen molar-refractivity contribution in [2.24, 2.45) is 0 Å². The number of fused-ring (bicyclic) bond motifs is 2. The van der Waals surface area contributed by atoms with E-state index in [1.165, 1.54) is 22.0 Å². The minimum atomic E-state index is 0.449. The van der Waals surface area contributed by atoms with E-state index in [-0.39, 0.29) is 0 Å². The lowest BCUT2D eigenvalue weighted by Gasteiger charge is -2.31. The monoisotopic (exact) mass is 244 g/mol. The molecule has 2 aliphatic heterocycles. The molecule has 0 radical (unpaired) electrons. The summed E-state index contributed by atoms with van der Waals surface area (Å²) in [4.78, 5) is 0. The second kappa shape index (κ2) is 3.37. The molecule has 1 N–H and O–H groups in total. The zero-order valence-electron chi connectivity index (χ0n) is 9.41. The van der Waals surface area contributed by atoms with Crippen LogP contribution in [0.5, 0.6) is 0 Å². The first kappa shape index (κ1) is 9.75. The van der Waals surface area contributed by atoms with E-state index in [0.29, 0.717) is 6.04 Å². The van der Waals surface area contributed by atoms with Crippen LogP contribution in [0.25, 0.3) is 16.5 Å². The molecule has 0 aliphatic carbocycles. The molecule has 3 heteroatoms. The molecule has 17 heavy (non-hydrogen) atoms. The Morgan fingerprint density at radius 2 is 2.29 bits per heavy atom. The molecule has 0 saturated carbocycles. The maximum absolute atomic E-state index is 6.21. The summed E-state index contributed by atoms with van der Waals surface area (Å²) in [6, 6.07) is 6.76. The topological polar surface area (TPSA) is 17.0 Å². The van der Waals surface area contributed by atoms with Gasteiger partial charge >= 0.3 is 0 Å². The second-order valence-corrected chi connectivity index (χ2v) is 5.25. The van der Waals surface area contributed by atoms with Gasteiger partial charge in [0.1, 0.15) is 0 Å². The molecule has 0 bridgehead atoms. The molecule has 1 aromatic carbocycles. The largest absolute Gasteiger partial charge is 0.345 e. The van der Waals surface area contributed by atoms with Crippen LogP contribution < -0.4 is 5.32 Å². The fourth-order valence-electron chi connectivity index (χ4n) is 3.08. The van der Waals surface area contributed by atoms with E-state index in [9.17, 15) is 0 Å². The molecule has 0 fully saturated rings. The van der Waals surface area contributed by atoms with Gasteiger partial charge in [0.2, 0.25) is 0 Å². The molecule has 0 saturated heterocycles. The van der Waals surface area contributed by atoms with Crippen molar-refractivity contribution in [3.8, 4) is 0 Å². The third-order valence-corrected chi connectivity index (χ3v) is 4.01. The Hall–Kier alpha value is -1.25. The molecule has 2 aromatic rings. The van der Waals surface area contributed by atoms with Crippen molar-refractivity contribution >= 4 is 28.1 Å². The summed E-state index contributed by atoms with van der Waals surface area (Å²) in [5, 5.41) is 5.66. The minimum absolute atomic E-state index is 0.449. The van der Waals surface area contributed by atoms with Crippen molar-refractivity contribution in [2.75, 3.05) is 6.54 Å². The Bertz CT molecular complexity index is 639. The van der Waals surface area contributed by atoms with Crippen LogP contribution in [-0.4, -0.2) is 17.2 Å². The lowest BCUT2D eigenvalue weighted by molar-refractivity contribution is 0.516. The number of aromatic nitrogens is 1. The van der Waals surface area contributed by atoms with Gasteiger partial charge < -0.3 is 9.88 Å². The van der Waals surface area contributed by atoms with Crippen molar-refractivity contribution in [2.45, 2.75) is 19.0 Å². The van der Waals surface area contributed by atoms with Crippen LogP contribution in [0.4, 0.5) is 0 Å². The SMILES string of the molecule is Clc1cc2c3c(ccn3CC3NCCC=C23)c1. The third kappa shape index (κ3) is 1.31. The van der Waals surface area contributed by atoms with Crippen LogP contribution in [0.3, 0.4) is 0 Å². The van der Waals surface area contributed by atoms with Crippen LogP contribution in [0.2, 0.25) is 5.02 Å². The van der Waals surface area contributed by atoms with Gasteiger partial charge in [0.25, 0.3) is 0 Å². The Balaban J connectivity index is 2.09. The quantitative estimate of drug-likeness (QED) is 0.754. The van der Waals surface area contributed by atoms with Crippen LogP contribution in [-0.2, 0) is 6.54 Å². The molecule has 2 aliphatic rings. The van der Waals surface area contributed by atoms with E-state index in [2.05, 4.69) is 34.3 Å². The summed E-state index contributed by atoms with van der Waals surface area (Å²) in [6.45, 7) is 2.11. The van der Waals surface area contributed by atoms with E-state index in [1.54, 1.807) is 0 Å². The smallest absolute Gasteiger partial charge is 0.0558 e. The summed E-state index contributed by atoms with van der Waals surface area (Å²) in [6.07, 6.45) is 5.64. The van der Waals surface area contributed by atoms with Gasteiger partial charge in [0.15, 0.2) is 0 Å². The Kier molecular flexibility index (Phi) is 1.93. The van der Waals surface area contributed by atoms with E-state index in [4.69, 9.17) is 11.6 Å². The Labute approximate surface area is 105 Å². The number of benzene rings is 1. The zero-order valence-corrected chi connectivity index (χ0v) is 10.2. The number of rotatable bonds is 0. The summed E-state index contributed by atoms with van der Waals surface area (Å²) in [5.74, 6) is 0. The minimum Gasteiger partial charge on any atom is -0.345 e. The van der Waals surface area contributed by atoms with Gasteiger partial charge in [0.05, 0.1) is 11.6 Å². The number of hydrogen-bond donors (Lipinski definition) is 1. The van der Waals surface area contributed by atoms with E-state index in [1.807, 2.05) is 6.07 Å². The summed E-state index contributed by atoms with van der Waals surface area (Å²) >= 11 is 6.21. The van der Waals surface area contributed by atoms with Crippen LogP contribution in [0.15, 0.2) is 30.5 Å². The summed E-state index contributed by atoms with van der Waals surface area (Å²) in [7, 11) is 0. The van der Waals surface area contributed by atoms with Crippen LogP contribution in [0.1, 0.15) is 12.0 Å². The first-order chi connectivity index (χ1) is 8.33. The highest BCUT2D eigenvalue weighted by molar-refractivity contribution is 6.31. The molecule has 1 aromatic heterocycles. The van der Waals surface area contributed by atoms with Crippen LogP contribution in [0, 0.1) is 0 Å². The van der Waals surface area contributed by atoms with Gasteiger partial charge in [-0.05, 0) is 36.7 Å². The number of halogens is 1. The molecular formula is C14H13ClN2. The lowest BCUT2D eigenvalue weighted by Crippen LogP contribution is -2.39. The van der Waals surface area contributed by atoms with Crippen LogP contribution >= 0.6 is 11.6 Å². The highest BCUT2D eigenvalue weighted by atomic mass is 35.5. The summed E-state index contributed by atoms with van der Waals surface area (Å²) < 4.78 is 2.33. The normalized spacial score (nSPS) is 22.4. The van der Waals surface area contributed by atoms with Crippen molar-refractivity contribution < 1.29 is 0 Å². The van der Waals surface area contributed by atoms with Gasteiger partial charge in [-0.3, -0.25) is 0 Å². The first-order valence-electron chi connectivity index (χ1n) is 6.05. The van der Waals surface area contributed by atoms with Crippen molar-refractivity contribution in [1.82, 2.24) is 9.88 Å². The van der Waals surface area contributed by atoms with E-state index in [0.717, 1.165) is 24.5 Å². The zero-order chi connectivity index (χ0) is 11.4. The van der Waals surface area contributed by atoms with Crippen molar-refractivity contribution in [3.63, 3.8) is 0 Å². The molecular weight excluding hydrogens is 232 g/mol. The lowest BCUT2D eigenvalue weighted by atomic mass is 9.90. The Morgan fingerprint density at radius 3 is 3.24 bits per heavy atom. The maximum atomic E-state index is 6.21.